The number of halogens is 1. The molecule has 0 aliphatic heterocycles. The molecule has 0 heterocycles. The van der Waals surface area contributed by atoms with Crippen molar-refractivity contribution < 1.29 is 9.90 Å². The van der Waals surface area contributed by atoms with Crippen LogP contribution in [0.3, 0.4) is 0 Å². The van der Waals surface area contributed by atoms with Gasteiger partial charge in [-0.15, -0.1) is 0 Å². The van der Waals surface area contributed by atoms with E-state index in [4.69, 9.17) is 5.11 Å². The zero-order chi connectivity index (χ0) is 8.53. The average Bonchev–Trinajstić information content (AvgIpc) is 1.96. The first-order valence-corrected chi connectivity index (χ1v) is 4.85. The van der Waals surface area contributed by atoms with Crippen LogP contribution in [-0.4, -0.2) is 16.4 Å². The molecule has 0 saturated heterocycles. The summed E-state index contributed by atoms with van der Waals surface area (Å²) in [5.41, 5.74) is 0. The van der Waals surface area contributed by atoms with Crippen LogP contribution in [-0.2, 0) is 4.79 Å². The van der Waals surface area contributed by atoms with E-state index in [0.29, 0.717) is 0 Å². The summed E-state index contributed by atoms with van der Waals surface area (Å²) in [6, 6.07) is 0. The van der Waals surface area contributed by atoms with E-state index in [2.05, 4.69) is 15.9 Å². The van der Waals surface area contributed by atoms with Gasteiger partial charge < -0.3 is 5.11 Å². The summed E-state index contributed by atoms with van der Waals surface area (Å²) in [7, 11) is 0. The van der Waals surface area contributed by atoms with Gasteiger partial charge in [0.2, 0.25) is 0 Å². The molecule has 0 spiro atoms. The lowest BCUT2D eigenvalue weighted by Gasteiger charge is -1.92. The lowest BCUT2D eigenvalue weighted by atomic mass is 10.2. The summed E-state index contributed by atoms with van der Waals surface area (Å²) in [5, 5.41) is 9.26. The highest BCUT2D eigenvalue weighted by Crippen LogP contribution is 2.02. The average molecular weight is 221 g/mol. The predicted molar refractivity (Wildman–Crippen MR) is 49.0 cm³/mol. The highest BCUT2D eigenvalue weighted by atomic mass is 79.9. The summed E-state index contributed by atoms with van der Waals surface area (Å²) >= 11 is 3.33. The Hall–Kier alpha value is -0.310. The van der Waals surface area contributed by atoms with Crippen molar-refractivity contribution in [2.75, 3.05) is 5.33 Å². The Bertz CT molecular complexity index is 132. The number of allylic oxidation sites excluding steroid dienone is 1. The van der Waals surface area contributed by atoms with Gasteiger partial charge in [-0.3, -0.25) is 0 Å². The van der Waals surface area contributed by atoms with Crippen molar-refractivity contribution in [3.05, 3.63) is 12.2 Å². The summed E-state index contributed by atoms with van der Waals surface area (Å²) < 4.78 is 0. The summed E-state index contributed by atoms with van der Waals surface area (Å²) in [4.78, 5) is 9.99. The molecule has 2 nitrogen and oxygen atoms in total. The Morgan fingerprint density at radius 3 is 2.64 bits per heavy atom. The smallest absolute Gasteiger partial charge is 0.327 e. The van der Waals surface area contributed by atoms with Gasteiger partial charge in [-0.05, 0) is 19.3 Å². The number of aliphatic carboxylic acids is 1. The lowest BCUT2D eigenvalue weighted by Crippen LogP contribution is -1.85. The van der Waals surface area contributed by atoms with Gasteiger partial charge in [-0.25, -0.2) is 4.79 Å². The highest BCUT2D eigenvalue weighted by molar-refractivity contribution is 9.09. The van der Waals surface area contributed by atoms with Crippen molar-refractivity contribution in [1.29, 1.82) is 0 Å². The molecule has 0 amide bonds. The number of carboxylic acid groups (broad SMARTS) is 1. The van der Waals surface area contributed by atoms with E-state index in [1.807, 2.05) is 0 Å². The van der Waals surface area contributed by atoms with E-state index in [-0.39, 0.29) is 0 Å². The van der Waals surface area contributed by atoms with Gasteiger partial charge in [0.1, 0.15) is 0 Å². The highest BCUT2D eigenvalue weighted by Gasteiger charge is 1.86. The SMILES string of the molecule is O=C(O)/C=C/CCCCCBr. The minimum atomic E-state index is -0.856. The number of rotatable bonds is 6. The molecular weight excluding hydrogens is 208 g/mol. The van der Waals surface area contributed by atoms with Gasteiger partial charge in [0.05, 0.1) is 0 Å². The van der Waals surface area contributed by atoms with Gasteiger partial charge in [0.25, 0.3) is 0 Å². The molecule has 0 aromatic carbocycles. The zero-order valence-electron chi connectivity index (χ0n) is 6.42. The number of alkyl halides is 1. The van der Waals surface area contributed by atoms with Gasteiger partial charge >= 0.3 is 5.97 Å². The van der Waals surface area contributed by atoms with Crippen molar-refractivity contribution in [2.45, 2.75) is 25.7 Å². The summed E-state index contributed by atoms with van der Waals surface area (Å²) in [6.07, 6.45) is 7.19. The Morgan fingerprint density at radius 1 is 1.36 bits per heavy atom. The predicted octanol–water partition coefficient (Wildman–Crippen LogP) is 2.58. The Kier molecular flexibility index (Phi) is 7.57. The normalized spacial score (nSPS) is 10.6. The van der Waals surface area contributed by atoms with Gasteiger partial charge in [0, 0.05) is 11.4 Å². The van der Waals surface area contributed by atoms with Crippen LogP contribution in [0, 0.1) is 0 Å². The molecule has 0 unspecified atom stereocenters. The largest absolute Gasteiger partial charge is 0.478 e. The Balaban J connectivity index is 3.07. The first kappa shape index (κ1) is 10.7. The van der Waals surface area contributed by atoms with Crippen LogP contribution in [0.2, 0.25) is 0 Å². The molecule has 0 radical (unpaired) electrons. The number of carboxylic acids is 1. The van der Waals surface area contributed by atoms with Gasteiger partial charge in [-0.2, -0.15) is 0 Å². The maximum atomic E-state index is 9.99. The van der Waals surface area contributed by atoms with Crippen molar-refractivity contribution in [3.63, 3.8) is 0 Å². The van der Waals surface area contributed by atoms with Crippen LogP contribution in [0.25, 0.3) is 0 Å². The quantitative estimate of drug-likeness (QED) is 0.425. The van der Waals surface area contributed by atoms with Gasteiger partial charge in [-0.1, -0.05) is 28.4 Å². The number of hydrogen-bond acceptors (Lipinski definition) is 1. The molecular formula is C8H13BrO2. The lowest BCUT2D eigenvalue weighted by molar-refractivity contribution is -0.131. The van der Waals surface area contributed by atoms with Crippen LogP contribution in [0.4, 0.5) is 0 Å². The minimum Gasteiger partial charge on any atom is -0.478 e. The Morgan fingerprint density at radius 2 is 2.09 bits per heavy atom. The number of carbonyl (C=O) groups is 1. The molecule has 0 aromatic heterocycles. The van der Waals surface area contributed by atoms with E-state index in [1.165, 1.54) is 12.5 Å². The topological polar surface area (TPSA) is 37.3 Å². The van der Waals surface area contributed by atoms with Crippen molar-refractivity contribution >= 4 is 21.9 Å². The maximum Gasteiger partial charge on any atom is 0.327 e. The molecule has 0 aliphatic rings. The molecule has 0 saturated carbocycles. The first-order chi connectivity index (χ1) is 5.27. The molecule has 3 heteroatoms. The standard InChI is InChI=1S/C8H13BrO2/c9-7-5-3-1-2-4-6-8(10)11/h4,6H,1-3,5,7H2,(H,10,11)/b6-4+. The first-order valence-electron chi connectivity index (χ1n) is 3.73. The molecule has 0 aromatic rings. The second kappa shape index (κ2) is 7.79. The van der Waals surface area contributed by atoms with Crippen LogP contribution in [0.5, 0.6) is 0 Å². The van der Waals surface area contributed by atoms with Crippen LogP contribution in [0.1, 0.15) is 25.7 Å². The van der Waals surface area contributed by atoms with E-state index in [9.17, 15) is 4.79 Å². The third-order valence-corrected chi connectivity index (χ3v) is 1.83. The zero-order valence-corrected chi connectivity index (χ0v) is 8.01. The van der Waals surface area contributed by atoms with E-state index >= 15 is 0 Å². The number of unbranched alkanes of at least 4 members (excludes halogenated alkanes) is 3. The fraction of sp³-hybridized carbons (Fsp3) is 0.625. The molecule has 11 heavy (non-hydrogen) atoms. The van der Waals surface area contributed by atoms with E-state index in [0.717, 1.165) is 24.6 Å². The Labute approximate surface area is 75.4 Å². The fourth-order valence-electron chi connectivity index (χ4n) is 0.718. The molecule has 0 aliphatic carbocycles. The van der Waals surface area contributed by atoms with Crippen LogP contribution < -0.4 is 0 Å². The monoisotopic (exact) mass is 220 g/mol. The van der Waals surface area contributed by atoms with E-state index < -0.39 is 5.97 Å². The molecule has 0 atom stereocenters. The van der Waals surface area contributed by atoms with Crippen LogP contribution >= 0.6 is 15.9 Å². The fourth-order valence-corrected chi connectivity index (χ4v) is 1.11. The molecule has 0 fully saturated rings. The molecule has 64 valence electrons. The van der Waals surface area contributed by atoms with Crippen molar-refractivity contribution in [1.82, 2.24) is 0 Å². The molecule has 1 N–H and O–H groups in total. The number of hydrogen-bond donors (Lipinski definition) is 1. The van der Waals surface area contributed by atoms with Gasteiger partial charge in [0.15, 0.2) is 0 Å². The third-order valence-electron chi connectivity index (χ3n) is 1.26. The summed E-state index contributed by atoms with van der Waals surface area (Å²) in [6.45, 7) is 0. The summed E-state index contributed by atoms with van der Waals surface area (Å²) in [5.74, 6) is -0.856. The molecule has 0 bridgehead atoms. The van der Waals surface area contributed by atoms with Crippen LogP contribution in [0.15, 0.2) is 12.2 Å². The van der Waals surface area contributed by atoms with E-state index in [1.54, 1.807) is 6.08 Å². The molecule has 0 rings (SSSR count). The maximum absolute atomic E-state index is 9.99. The third kappa shape index (κ3) is 9.69. The van der Waals surface area contributed by atoms with Crippen molar-refractivity contribution in [3.8, 4) is 0 Å². The second-order valence-corrected chi connectivity index (χ2v) is 3.07. The second-order valence-electron chi connectivity index (χ2n) is 2.28. The minimum absolute atomic E-state index is 0.856. The van der Waals surface area contributed by atoms with Crippen molar-refractivity contribution in [2.24, 2.45) is 0 Å².